The zero-order valence-corrected chi connectivity index (χ0v) is 27.7. The number of amides is 3. The van der Waals surface area contributed by atoms with E-state index >= 15 is 0 Å². The van der Waals surface area contributed by atoms with Crippen LogP contribution in [-0.4, -0.2) is 31.9 Å². The Labute approximate surface area is 288 Å². The van der Waals surface area contributed by atoms with Gasteiger partial charge < -0.3 is 25.4 Å². The van der Waals surface area contributed by atoms with Crippen molar-refractivity contribution in [3.05, 3.63) is 155 Å². The fourth-order valence-corrected chi connectivity index (χ4v) is 5.97. The lowest BCUT2D eigenvalue weighted by Crippen LogP contribution is -2.30. The molecule has 1 atom stereocenters. The first kappa shape index (κ1) is 33.8. The van der Waals surface area contributed by atoms with Crippen molar-refractivity contribution in [1.29, 1.82) is 0 Å². The average molecular weight is 678 g/mol. The molecule has 0 heterocycles. The van der Waals surface area contributed by atoms with Crippen LogP contribution >= 0.6 is 23.4 Å². The third-order valence-electron chi connectivity index (χ3n) is 7.09. The van der Waals surface area contributed by atoms with Gasteiger partial charge in [-0.1, -0.05) is 78.3 Å². The summed E-state index contributed by atoms with van der Waals surface area (Å²) in [6.07, 6.45) is 1.57. The molecule has 48 heavy (non-hydrogen) atoms. The molecule has 0 saturated heterocycles. The van der Waals surface area contributed by atoms with Crippen LogP contribution in [0.1, 0.15) is 26.7 Å². The summed E-state index contributed by atoms with van der Waals surface area (Å²) in [7, 11) is 3.06. The Morgan fingerprint density at radius 3 is 2.00 bits per heavy atom. The lowest BCUT2D eigenvalue weighted by molar-refractivity contribution is -0.116. The molecule has 0 spiro atoms. The second-order valence-electron chi connectivity index (χ2n) is 10.3. The van der Waals surface area contributed by atoms with Crippen LogP contribution in [0, 0.1) is 0 Å². The fourth-order valence-electron chi connectivity index (χ4n) is 4.69. The third kappa shape index (κ3) is 8.85. The van der Waals surface area contributed by atoms with Gasteiger partial charge in [-0.05, 0) is 72.3 Å². The van der Waals surface area contributed by atoms with Gasteiger partial charge in [0.2, 0.25) is 5.91 Å². The molecule has 3 amide bonds. The van der Waals surface area contributed by atoms with E-state index in [9.17, 15) is 14.4 Å². The van der Waals surface area contributed by atoms with Gasteiger partial charge in [0.25, 0.3) is 11.8 Å². The zero-order valence-electron chi connectivity index (χ0n) is 26.1. The maximum absolute atomic E-state index is 13.5. The molecule has 0 saturated carbocycles. The van der Waals surface area contributed by atoms with Gasteiger partial charge in [-0.25, -0.2) is 0 Å². The summed E-state index contributed by atoms with van der Waals surface area (Å²) in [5.41, 5.74) is 2.92. The Bertz CT molecular complexity index is 1920. The molecule has 0 aliphatic carbocycles. The van der Waals surface area contributed by atoms with Crippen molar-refractivity contribution in [2.24, 2.45) is 0 Å². The first-order valence-corrected chi connectivity index (χ1v) is 16.1. The molecule has 0 fully saturated rings. The number of para-hydroxylation sites is 1. The van der Waals surface area contributed by atoms with Gasteiger partial charge in [-0.3, -0.25) is 14.4 Å². The number of rotatable bonds is 12. The summed E-state index contributed by atoms with van der Waals surface area (Å²) >= 11 is 7.64. The molecule has 1 unspecified atom stereocenters. The van der Waals surface area contributed by atoms with E-state index in [2.05, 4.69) is 16.0 Å². The number of ether oxygens (including phenoxy) is 2. The Kier molecular flexibility index (Phi) is 11.5. The molecule has 3 N–H and O–H groups in total. The predicted octanol–water partition coefficient (Wildman–Crippen LogP) is 8.24. The molecular formula is C38H32ClN3O5S. The highest BCUT2D eigenvalue weighted by atomic mass is 35.5. The zero-order chi connectivity index (χ0) is 33.9. The second-order valence-corrected chi connectivity index (χ2v) is 11.9. The van der Waals surface area contributed by atoms with Crippen molar-refractivity contribution in [1.82, 2.24) is 5.32 Å². The van der Waals surface area contributed by atoms with E-state index in [0.717, 1.165) is 10.5 Å². The molecule has 0 aliphatic rings. The minimum atomic E-state index is -0.587. The topological polar surface area (TPSA) is 106 Å². The van der Waals surface area contributed by atoms with Crippen LogP contribution in [0.15, 0.2) is 138 Å². The van der Waals surface area contributed by atoms with Gasteiger partial charge in [0.05, 0.1) is 19.2 Å². The van der Waals surface area contributed by atoms with E-state index in [4.69, 9.17) is 21.1 Å². The van der Waals surface area contributed by atoms with Gasteiger partial charge in [-0.15, -0.1) is 11.8 Å². The van der Waals surface area contributed by atoms with Crippen molar-refractivity contribution in [2.75, 3.05) is 24.9 Å². The molecule has 8 nitrogen and oxygen atoms in total. The molecule has 0 aliphatic heterocycles. The maximum Gasteiger partial charge on any atom is 0.272 e. The van der Waals surface area contributed by atoms with Crippen molar-refractivity contribution >= 4 is 58.5 Å². The monoisotopic (exact) mass is 677 g/mol. The highest BCUT2D eigenvalue weighted by molar-refractivity contribution is 8.00. The summed E-state index contributed by atoms with van der Waals surface area (Å²) in [5.74, 6) is -0.127. The number of nitrogens with one attached hydrogen (secondary N) is 3. The first-order valence-electron chi connectivity index (χ1n) is 14.8. The lowest BCUT2D eigenvalue weighted by Gasteiger charge is -2.18. The maximum atomic E-state index is 13.5. The minimum absolute atomic E-state index is 0.0336. The first-order chi connectivity index (χ1) is 23.3. The molecule has 5 aromatic carbocycles. The van der Waals surface area contributed by atoms with Gasteiger partial charge in [0.1, 0.15) is 22.4 Å². The number of carbonyl (C=O) groups is 3. The van der Waals surface area contributed by atoms with Gasteiger partial charge in [0, 0.05) is 27.4 Å². The van der Waals surface area contributed by atoms with Crippen LogP contribution in [-0.2, 0) is 9.59 Å². The standard InChI is InChI=1S/C38H32ClN3O5S/c1-46-33-16-10-9-15-27(33)23-32(42-36(43)26-13-7-4-8-14-26)37(44)40-28-17-20-30(21-18-28)48-35(25-11-5-3-6-12-25)38(45)41-29-19-22-34(47-2)31(39)24-29/h3-24,35H,1-2H3,(H,40,44)(H,41,45)(H,42,43)/b32-23-. The van der Waals surface area contributed by atoms with Gasteiger partial charge in [0.15, 0.2) is 0 Å². The average Bonchev–Trinajstić information content (AvgIpc) is 3.12. The van der Waals surface area contributed by atoms with Crippen molar-refractivity contribution in [2.45, 2.75) is 10.1 Å². The van der Waals surface area contributed by atoms with Crippen LogP contribution in [0.2, 0.25) is 5.02 Å². The smallest absolute Gasteiger partial charge is 0.272 e. The van der Waals surface area contributed by atoms with Crippen molar-refractivity contribution in [3.8, 4) is 11.5 Å². The van der Waals surface area contributed by atoms with Crippen LogP contribution in [0.4, 0.5) is 11.4 Å². The number of thioether (sulfide) groups is 1. The van der Waals surface area contributed by atoms with E-state index in [1.165, 1.54) is 26.0 Å². The summed E-state index contributed by atoms with van der Waals surface area (Å²) in [4.78, 5) is 40.9. The largest absolute Gasteiger partial charge is 0.496 e. The van der Waals surface area contributed by atoms with E-state index in [1.807, 2.05) is 60.7 Å². The fraction of sp³-hybridized carbons (Fsp3) is 0.0789. The molecule has 0 radical (unpaired) electrons. The number of anilines is 2. The number of methoxy groups -OCH3 is 2. The van der Waals surface area contributed by atoms with E-state index in [0.29, 0.717) is 39.0 Å². The van der Waals surface area contributed by atoms with Crippen LogP contribution in [0.3, 0.4) is 0 Å². The van der Waals surface area contributed by atoms with Gasteiger partial charge >= 0.3 is 0 Å². The SMILES string of the molecule is COc1ccc(NC(=O)C(Sc2ccc(NC(=O)/C(=C/c3ccccc3OC)NC(=O)c3ccccc3)cc2)c2ccccc2)cc1Cl. The van der Waals surface area contributed by atoms with Gasteiger partial charge in [-0.2, -0.15) is 0 Å². The Balaban J connectivity index is 1.34. The number of hydrogen-bond donors (Lipinski definition) is 3. The highest BCUT2D eigenvalue weighted by Gasteiger charge is 2.23. The lowest BCUT2D eigenvalue weighted by atomic mass is 10.1. The Hall–Kier alpha value is -5.51. The third-order valence-corrected chi connectivity index (χ3v) is 8.66. The summed E-state index contributed by atoms with van der Waals surface area (Å²) < 4.78 is 10.7. The van der Waals surface area contributed by atoms with Crippen molar-refractivity contribution < 1.29 is 23.9 Å². The van der Waals surface area contributed by atoms with Crippen LogP contribution in [0.5, 0.6) is 11.5 Å². The molecule has 0 aromatic heterocycles. The van der Waals surface area contributed by atoms with E-state index < -0.39 is 17.1 Å². The quantitative estimate of drug-likeness (QED) is 0.0908. The van der Waals surface area contributed by atoms with E-state index in [-0.39, 0.29) is 11.6 Å². The number of halogens is 1. The van der Waals surface area contributed by atoms with Crippen LogP contribution in [0.25, 0.3) is 6.08 Å². The molecule has 10 heteroatoms. The number of carbonyl (C=O) groups excluding carboxylic acids is 3. The van der Waals surface area contributed by atoms with E-state index in [1.54, 1.807) is 72.8 Å². The molecule has 5 aromatic rings. The Morgan fingerprint density at radius 1 is 0.708 bits per heavy atom. The molecule has 0 bridgehead atoms. The number of hydrogen-bond acceptors (Lipinski definition) is 6. The normalized spacial score (nSPS) is 11.6. The van der Waals surface area contributed by atoms with Crippen molar-refractivity contribution in [3.63, 3.8) is 0 Å². The van der Waals surface area contributed by atoms with Crippen LogP contribution < -0.4 is 25.4 Å². The minimum Gasteiger partial charge on any atom is -0.496 e. The highest BCUT2D eigenvalue weighted by Crippen LogP contribution is 2.37. The molecule has 5 rings (SSSR count). The summed E-state index contributed by atoms with van der Waals surface area (Å²) in [5, 5.41) is 8.36. The predicted molar refractivity (Wildman–Crippen MR) is 192 cm³/mol. The number of benzene rings is 5. The Morgan fingerprint density at radius 2 is 1.33 bits per heavy atom. The summed E-state index contributed by atoms with van der Waals surface area (Å²) in [6.45, 7) is 0. The molecule has 242 valence electrons. The molecular weight excluding hydrogens is 646 g/mol. The summed E-state index contributed by atoms with van der Waals surface area (Å²) in [6, 6.07) is 37.4. The second kappa shape index (κ2) is 16.4.